The van der Waals surface area contributed by atoms with Gasteiger partial charge in [-0.05, 0) is 31.5 Å². The molecule has 0 fully saturated rings. The molecule has 0 saturated carbocycles. The number of nitrogens with one attached hydrogen (secondary N) is 1. The van der Waals surface area contributed by atoms with Crippen LogP contribution in [0.3, 0.4) is 0 Å². The van der Waals surface area contributed by atoms with Gasteiger partial charge in [0.25, 0.3) is 0 Å². The quantitative estimate of drug-likeness (QED) is 0.884. The number of amides is 1. The lowest BCUT2D eigenvalue weighted by Gasteiger charge is -2.13. The van der Waals surface area contributed by atoms with E-state index in [1.807, 2.05) is 44.2 Å². The molecule has 0 radical (unpaired) electrons. The Kier molecular flexibility index (Phi) is 3.92. The van der Waals surface area contributed by atoms with E-state index in [0.717, 1.165) is 16.8 Å². The molecule has 0 aliphatic rings. The second kappa shape index (κ2) is 5.63. The number of aromatic nitrogens is 1. The van der Waals surface area contributed by atoms with Crippen LogP contribution in [0.15, 0.2) is 42.6 Å². The smallest absolute Gasteiger partial charge is 0.245 e. The molecule has 0 aliphatic carbocycles. The molecule has 98 valence electrons. The zero-order chi connectivity index (χ0) is 13.8. The fourth-order valence-corrected chi connectivity index (χ4v) is 1.75. The van der Waals surface area contributed by atoms with Gasteiger partial charge < -0.3 is 11.1 Å². The van der Waals surface area contributed by atoms with E-state index in [-0.39, 0.29) is 5.91 Å². The van der Waals surface area contributed by atoms with Gasteiger partial charge in [0.1, 0.15) is 6.04 Å². The summed E-state index contributed by atoms with van der Waals surface area (Å²) in [6.07, 6.45) is 1.69. The molecular weight excluding hydrogens is 238 g/mol. The minimum atomic E-state index is -0.680. The number of nitrogens with zero attached hydrogens (tertiary/aromatic N) is 1. The van der Waals surface area contributed by atoms with Crippen molar-refractivity contribution in [1.29, 1.82) is 0 Å². The van der Waals surface area contributed by atoms with Crippen molar-refractivity contribution < 1.29 is 4.79 Å². The highest BCUT2D eigenvalue weighted by molar-refractivity contribution is 5.95. The topological polar surface area (TPSA) is 68.0 Å². The van der Waals surface area contributed by atoms with Crippen molar-refractivity contribution in [2.24, 2.45) is 5.73 Å². The van der Waals surface area contributed by atoms with Gasteiger partial charge in [0.05, 0.1) is 11.4 Å². The van der Waals surface area contributed by atoms with E-state index in [0.29, 0.717) is 5.69 Å². The Bertz CT molecular complexity index is 578. The summed E-state index contributed by atoms with van der Waals surface area (Å²) in [6.45, 7) is 3.83. The molecule has 0 bridgehead atoms. The van der Waals surface area contributed by atoms with E-state index in [1.54, 1.807) is 12.3 Å². The van der Waals surface area contributed by atoms with Crippen LogP contribution >= 0.6 is 0 Å². The molecule has 1 aromatic heterocycles. The number of rotatable bonds is 3. The fraction of sp³-hybridized carbons (Fsp3) is 0.200. The zero-order valence-corrected chi connectivity index (χ0v) is 11.1. The number of carbonyl (C=O) groups excluding carboxylic acids is 1. The Morgan fingerprint density at radius 1 is 1.21 bits per heavy atom. The molecule has 0 aliphatic heterocycles. The molecule has 3 N–H and O–H groups in total. The molecular formula is C15H17N3O. The third-order valence-electron chi connectivity index (χ3n) is 2.98. The second-order valence-electron chi connectivity index (χ2n) is 4.51. The molecule has 1 unspecified atom stereocenters. The predicted molar refractivity (Wildman–Crippen MR) is 75.7 cm³/mol. The van der Waals surface area contributed by atoms with Gasteiger partial charge in [-0.25, -0.2) is 0 Å². The van der Waals surface area contributed by atoms with Gasteiger partial charge in [-0.3, -0.25) is 9.78 Å². The maximum absolute atomic E-state index is 12.1. The lowest BCUT2D eigenvalue weighted by atomic mass is 10.1. The number of carbonyl (C=O) groups is 1. The standard InChI is InChI=1S/C15H17N3O/c1-10-5-7-12(8-6-10)14(16)15(19)18-13-4-3-9-17-11(13)2/h3-9,14H,16H2,1-2H3,(H,18,19). The fourth-order valence-electron chi connectivity index (χ4n) is 1.75. The van der Waals surface area contributed by atoms with Crippen LogP contribution in [0.25, 0.3) is 0 Å². The molecule has 2 rings (SSSR count). The van der Waals surface area contributed by atoms with Crippen molar-refractivity contribution >= 4 is 11.6 Å². The second-order valence-corrected chi connectivity index (χ2v) is 4.51. The van der Waals surface area contributed by atoms with Crippen molar-refractivity contribution in [3.05, 3.63) is 59.4 Å². The maximum Gasteiger partial charge on any atom is 0.245 e. The maximum atomic E-state index is 12.1. The first-order valence-electron chi connectivity index (χ1n) is 6.12. The van der Waals surface area contributed by atoms with Gasteiger partial charge in [0.15, 0.2) is 0 Å². The lowest BCUT2D eigenvalue weighted by molar-refractivity contribution is -0.117. The summed E-state index contributed by atoms with van der Waals surface area (Å²) in [5, 5.41) is 2.80. The average molecular weight is 255 g/mol. The van der Waals surface area contributed by atoms with Crippen molar-refractivity contribution in [2.75, 3.05) is 5.32 Å². The minimum absolute atomic E-state index is 0.236. The molecule has 0 spiro atoms. The Morgan fingerprint density at radius 3 is 2.53 bits per heavy atom. The summed E-state index contributed by atoms with van der Waals surface area (Å²) in [7, 11) is 0. The lowest BCUT2D eigenvalue weighted by Crippen LogP contribution is -2.28. The molecule has 1 aromatic carbocycles. The third-order valence-corrected chi connectivity index (χ3v) is 2.98. The summed E-state index contributed by atoms with van der Waals surface area (Å²) < 4.78 is 0. The number of pyridine rings is 1. The minimum Gasteiger partial charge on any atom is -0.323 e. The number of nitrogens with two attached hydrogens (primary N) is 1. The highest BCUT2D eigenvalue weighted by Gasteiger charge is 2.16. The molecule has 1 heterocycles. The zero-order valence-electron chi connectivity index (χ0n) is 11.1. The monoisotopic (exact) mass is 255 g/mol. The SMILES string of the molecule is Cc1ccc(C(N)C(=O)Nc2cccnc2C)cc1. The van der Waals surface area contributed by atoms with Gasteiger partial charge >= 0.3 is 0 Å². The van der Waals surface area contributed by atoms with Crippen LogP contribution in [0.4, 0.5) is 5.69 Å². The van der Waals surface area contributed by atoms with E-state index in [2.05, 4.69) is 10.3 Å². The van der Waals surface area contributed by atoms with E-state index < -0.39 is 6.04 Å². The summed E-state index contributed by atoms with van der Waals surface area (Å²) in [5.41, 5.74) is 9.35. The van der Waals surface area contributed by atoms with Gasteiger partial charge in [-0.1, -0.05) is 29.8 Å². The summed E-state index contributed by atoms with van der Waals surface area (Å²) >= 11 is 0. The first-order chi connectivity index (χ1) is 9.08. The van der Waals surface area contributed by atoms with E-state index in [4.69, 9.17) is 5.73 Å². The third kappa shape index (κ3) is 3.17. The molecule has 1 atom stereocenters. The summed E-state index contributed by atoms with van der Waals surface area (Å²) in [5.74, 6) is -0.236. The van der Waals surface area contributed by atoms with E-state index in [9.17, 15) is 4.79 Å². The molecule has 0 saturated heterocycles. The van der Waals surface area contributed by atoms with Crippen molar-refractivity contribution in [3.8, 4) is 0 Å². The summed E-state index contributed by atoms with van der Waals surface area (Å²) in [4.78, 5) is 16.2. The molecule has 4 heteroatoms. The number of hydrogen-bond donors (Lipinski definition) is 2. The summed E-state index contributed by atoms with van der Waals surface area (Å²) in [6, 6.07) is 10.5. The molecule has 19 heavy (non-hydrogen) atoms. The van der Waals surface area contributed by atoms with Crippen LogP contribution in [-0.4, -0.2) is 10.9 Å². The van der Waals surface area contributed by atoms with Gasteiger partial charge in [0, 0.05) is 6.20 Å². The number of hydrogen-bond acceptors (Lipinski definition) is 3. The van der Waals surface area contributed by atoms with E-state index >= 15 is 0 Å². The Labute approximate surface area is 112 Å². The highest BCUT2D eigenvalue weighted by atomic mass is 16.2. The van der Waals surface area contributed by atoms with Gasteiger partial charge in [-0.15, -0.1) is 0 Å². The van der Waals surface area contributed by atoms with E-state index in [1.165, 1.54) is 0 Å². The highest BCUT2D eigenvalue weighted by Crippen LogP contribution is 2.16. The van der Waals surface area contributed by atoms with Crippen molar-refractivity contribution in [1.82, 2.24) is 4.98 Å². The van der Waals surface area contributed by atoms with Crippen LogP contribution in [0, 0.1) is 13.8 Å². The molecule has 2 aromatic rings. The van der Waals surface area contributed by atoms with Crippen LogP contribution in [-0.2, 0) is 4.79 Å². The largest absolute Gasteiger partial charge is 0.323 e. The molecule has 4 nitrogen and oxygen atoms in total. The van der Waals surface area contributed by atoms with Crippen LogP contribution in [0.2, 0.25) is 0 Å². The van der Waals surface area contributed by atoms with Gasteiger partial charge in [0.2, 0.25) is 5.91 Å². The van der Waals surface area contributed by atoms with Crippen LogP contribution in [0.5, 0.6) is 0 Å². The average Bonchev–Trinajstić information content (AvgIpc) is 2.41. The van der Waals surface area contributed by atoms with Crippen molar-refractivity contribution in [2.45, 2.75) is 19.9 Å². The number of anilines is 1. The normalized spacial score (nSPS) is 11.9. The predicted octanol–water partition coefficient (Wildman–Crippen LogP) is 2.34. The Morgan fingerprint density at radius 2 is 1.89 bits per heavy atom. The first kappa shape index (κ1) is 13.2. The Balaban J connectivity index is 2.12. The van der Waals surface area contributed by atoms with Gasteiger partial charge in [-0.2, -0.15) is 0 Å². The van der Waals surface area contributed by atoms with Crippen LogP contribution in [0.1, 0.15) is 22.9 Å². The number of aryl methyl sites for hydroxylation is 2. The Hall–Kier alpha value is -2.20. The molecule has 1 amide bonds. The van der Waals surface area contributed by atoms with Crippen molar-refractivity contribution in [3.63, 3.8) is 0 Å². The number of benzene rings is 1. The van der Waals surface area contributed by atoms with Crippen LogP contribution < -0.4 is 11.1 Å². The first-order valence-corrected chi connectivity index (χ1v) is 6.12.